The molecule has 0 radical (unpaired) electrons. The molecule has 1 aliphatic rings. The van der Waals surface area contributed by atoms with Crippen LogP contribution in [0.4, 0.5) is 5.69 Å². The molecular weight excluding hydrogens is 498 g/mol. The minimum atomic E-state index is -1.30. The summed E-state index contributed by atoms with van der Waals surface area (Å²) in [7, 11) is 3.94. The van der Waals surface area contributed by atoms with Gasteiger partial charge in [0.25, 0.3) is 5.91 Å². The first kappa shape index (κ1) is 30.0. The van der Waals surface area contributed by atoms with E-state index < -0.39 is 23.2 Å². The van der Waals surface area contributed by atoms with Gasteiger partial charge in [0.15, 0.2) is 5.54 Å². The maximum absolute atomic E-state index is 13.7. The monoisotopic (exact) mass is 539 g/mol. The number of hydrogen-bond donors (Lipinski definition) is 2. The van der Waals surface area contributed by atoms with Crippen LogP contribution in [0.25, 0.3) is 0 Å². The fraction of sp³-hybridized carbons (Fsp3) is 0.500. The van der Waals surface area contributed by atoms with Crippen molar-refractivity contribution in [1.29, 1.82) is 0 Å². The number of ether oxygens (including phenoxy) is 3. The molecule has 0 spiro atoms. The third-order valence-electron chi connectivity index (χ3n) is 6.36. The highest BCUT2D eigenvalue weighted by Crippen LogP contribution is 2.34. The third kappa shape index (κ3) is 8.20. The van der Waals surface area contributed by atoms with Crippen molar-refractivity contribution in [2.24, 2.45) is 4.99 Å². The van der Waals surface area contributed by atoms with Crippen molar-refractivity contribution in [2.75, 3.05) is 32.2 Å². The lowest BCUT2D eigenvalue weighted by atomic mass is 9.87. The number of carbonyl (C=O) groups is 2. The second kappa shape index (κ2) is 13.0. The molecule has 39 heavy (non-hydrogen) atoms. The van der Waals surface area contributed by atoms with Crippen LogP contribution in [0.3, 0.4) is 0 Å². The van der Waals surface area contributed by atoms with Crippen molar-refractivity contribution in [3.8, 4) is 5.75 Å². The molecule has 1 aliphatic heterocycles. The zero-order valence-electron chi connectivity index (χ0n) is 23.8. The third-order valence-corrected chi connectivity index (χ3v) is 6.36. The van der Waals surface area contributed by atoms with Gasteiger partial charge < -0.3 is 29.5 Å². The second-order valence-corrected chi connectivity index (χ2v) is 10.9. The van der Waals surface area contributed by atoms with E-state index in [0.29, 0.717) is 36.8 Å². The quantitative estimate of drug-likeness (QED) is 0.311. The van der Waals surface area contributed by atoms with Crippen molar-refractivity contribution < 1.29 is 28.9 Å². The van der Waals surface area contributed by atoms with Gasteiger partial charge >= 0.3 is 5.97 Å². The van der Waals surface area contributed by atoms with Gasteiger partial charge in [-0.2, -0.15) is 0 Å². The average Bonchev–Trinajstić information content (AvgIpc) is 3.23. The molecule has 2 aromatic rings. The zero-order valence-corrected chi connectivity index (χ0v) is 23.8. The summed E-state index contributed by atoms with van der Waals surface area (Å²) in [6.45, 7) is 8.02. The lowest BCUT2D eigenvalue weighted by Crippen LogP contribution is -2.51. The molecule has 0 aliphatic carbocycles. The molecule has 0 fully saturated rings. The fourth-order valence-corrected chi connectivity index (χ4v) is 4.18. The van der Waals surface area contributed by atoms with E-state index in [1.807, 2.05) is 76.2 Å². The number of aliphatic imine (C=N–C) groups is 1. The number of nitrogens with one attached hydrogen (secondary N) is 1. The van der Waals surface area contributed by atoms with Gasteiger partial charge in [0.1, 0.15) is 17.5 Å². The molecule has 1 heterocycles. The molecule has 0 saturated carbocycles. The standard InChI is InChI=1S/C30H41N3O6/c1-21-30(17-16-26(35)39-29(2,3)4,28(36)31-20-22-8-12-24(13-9-22)33(5)6)32-27(38-21)23-10-14-25(15-11-23)37-19-7-18-34/h8-15,21,34H,7,16-20H2,1-6H3,(H,31,36)/t21-,30-/m1/s1. The van der Waals surface area contributed by atoms with Crippen LogP contribution in [-0.4, -0.2) is 67.4 Å². The summed E-state index contributed by atoms with van der Waals surface area (Å²) in [6, 6.07) is 15.1. The number of aliphatic hydroxyl groups is 1. The molecule has 9 nitrogen and oxygen atoms in total. The van der Waals surface area contributed by atoms with E-state index in [2.05, 4.69) is 5.32 Å². The van der Waals surface area contributed by atoms with E-state index in [0.717, 1.165) is 11.3 Å². The number of hydrogen-bond acceptors (Lipinski definition) is 8. The molecule has 0 aromatic heterocycles. The van der Waals surface area contributed by atoms with Crippen LogP contribution >= 0.6 is 0 Å². The summed E-state index contributed by atoms with van der Waals surface area (Å²) in [5.41, 5.74) is 0.784. The van der Waals surface area contributed by atoms with Gasteiger partial charge in [-0.15, -0.1) is 0 Å². The summed E-state index contributed by atoms with van der Waals surface area (Å²) >= 11 is 0. The van der Waals surface area contributed by atoms with Crippen molar-refractivity contribution in [3.63, 3.8) is 0 Å². The van der Waals surface area contributed by atoms with Crippen LogP contribution in [0.15, 0.2) is 53.5 Å². The summed E-state index contributed by atoms with van der Waals surface area (Å²) in [5, 5.41) is 12.0. The van der Waals surface area contributed by atoms with Crippen molar-refractivity contribution >= 4 is 23.5 Å². The molecule has 2 aromatic carbocycles. The first-order valence-electron chi connectivity index (χ1n) is 13.3. The Bertz CT molecular complexity index is 1140. The first-order chi connectivity index (χ1) is 18.4. The van der Waals surface area contributed by atoms with Gasteiger partial charge in [-0.05, 0) is 76.1 Å². The fourth-order valence-electron chi connectivity index (χ4n) is 4.18. The van der Waals surface area contributed by atoms with Gasteiger partial charge in [-0.1, -0.05) is 12.1 Å². The molecule has 1 amide bonds. The number of esters is 1. The summed E-state index contributed by atoms with van der Waals surface area (Å²) in [5.74, 6) is 0.288. The Labute approximate surface area is 231 Å². The molecule has 212 valence electrons. The van der Waals surface area contributed by atoms with E-state index in [9.17, 15) is 9.59 Å². The first-order valence-corrected chi connectivity index (χ1v) is 13.3. The van der Waals surface area contributed by atoms with E-state index in [1.165, 1.54) is 0 Å². The van der Waals surface area contributed by atoms with Crippen LogP contribution in [0.2, 0.25) is 0 Å². The highest BCUT2D eigenvalue weighted by Gasteiger charge is 2.50. The minimum Gasteiger partial charge on any atom is -0.494 e. The molecule has 9 heteroatoms. The highest BCUT2D eigenvalue weighted by atomic mass is 16.6. The number of benzene rings is 2. The summed E-state index contributed by atoms with van der Waals surface area (Å²) in [6.07, 6.45) is 0.0981. The van der Waals surface area contributed by atoms with Gasteiger partial charge in [-0.3, -0.25) is 9.59 Å². The molecule has 0 saturated heterocycles. The Hall–Kier alpha value is -3.59. The molecule has 2 N–H and O–H groups in total. The molecule has 0 bridgehead atoms. The summed E-state index contributed by atoms with van der Waals surface area (Å²) in [4.78, 5) is 33.1. The number of nitrogens with zero attached hydrogens (tertiary/aromatic N) is 2. The zero-order chi connectivity index (χ0) is 28.6. The maximum atomic E-state index is 13.7. The molecular formula is C30H41N3O6. The largest absolute Gasteiger partial charge is 0.494 e. The second-order valence-electron chi connectivity index (χ2n) is 10.9. The number of carbonyl (C=O) groups excluding carboxylic acids is 2. The Balaban J connectivity index is 1.81. The Morgan fingerprint density at radius 2 is 1.77 bits per heavy atom. The van der Waals surface area contributed by atoms with E-state index >= 15 is 0 Å². The highest BCUT2D eigenvalue weighted by molar-refractivity contribution is 6.00. The number of rotatable bonds is 12. The van der Waals surface area contributed by atoms with Crippen LogP contribution < -0.4 is 15.0 Å². The van der Waals surface area contributed by atoms with Crippen LogP contribution in [-0.2, 0) is 25.6 Å². The Morgan fingerprint density at radius 3 is 2.36 bits per heavy atom. The van der Waals surface area contributed by atoms with Crippen LogP contribution in [0, 0.1) is 0 Å². The topological polar surface area (TPSA) is 110 Å². The van der Waals surface area contributed by atoms with Gasteiger partial charge in [0, 0.05) is 51.3 Å². The Morgan fingerprint density at radius 1 is 1.10 bits per heavy atom. The minimum absolute atomic E-state index is 0.0182. The SMILES string of the molecule is C[C@H]1OC(c2ccc(OCCCO)cc2)=N[C@@]1(CCC(=O)OC(C)(C)C)C(=O)NCc1ccc(N(C)C)cc1. The smallest absolute Gasteiger partial charge is 0.306 e. The van der Waals surface area contributed by atoms with E-state index in [4.69, 9.17) is 24.3 Å². The lowest BCUT2D eigenvalue weighted by molar-refractivity contribution is -0.155. The normalized spacial score (nSPS) is 18.6. The Kier molecular flexibility index (Phi) is 9.97. The number of amides is 1. The van der Waals surface area contributed by atoms with Crippen molar-refractivity contribution in [2.45, 2.75) is 70.7 Å². The van der Waals surface area contributed by atoms with Gasteiger partial charge in [0.05, 0.1) is 6.61 Å². The molecule has 0 unspecified atom stereocenters. The van der Waals surface area contributed by atoms with E-state index in [1.54, 1.807) is 19.1 Å². The van der Waals surface area contributed by atoms with Gasteiger partial charge in [-0.25, -0.2) is 4.99 Å². The maximum Gasteiger partial charge on any atom is 0.306 e. The van der Waals surface area contributed by atoms with Crippen molar-refractivity contribution in [1.82, 2.24) is 5.32 Å². The molecule has 3 rings (SSSR count). The van der Waals surface area contributed by atoms with Gasteiger partial charge in [0.2, 0.25) is 5.90 Å². The van der Waals surface area contributed by atoms with Crippen LogP contribution in [0.5, 0.6) is 5.75 Å². The average molecular weight is 540 g/mol. The predicted octanol–water partition coefficient (Wildman–Crippen LogP) is 3.86. The van der Waals surface area contributed by atoms with Crippen molar-refractivity contribution in [3.05, 3.63) is 59.7 Å². The van der Waals surface area contributed by atoms with Crippen LogP contribution in [0.1, 0.15) is 58.1 Å². The lowest BCUT2D eigenvalue weighted by Gasteiger charge is -2.28. The number of aliphatic hydroxyl groups excluding tert-OH is 1. The predicted molar refractivity (Wildman–Crippen MR) is 151 cm³/mol. The molecule has 2 atom stereocenters. The summed E-state index contributed by atoms with van der Waals surface area (Å²) < 4.78 is 17.2. The van der Waals surface area contributed by atoms with E-state index in [-0.39, 0.29) is 25.4 Å². The number of anilines is 1.